The van der Waals surface area contributed by atoms with Crippen molar-refractivity contribution in [3.05, 3.63) is 35.5 Å². The number of amides is 1. The first-order valence-electron chi connectivity index (χ1n) is 11.9. The van der Waals surface area contributed by atoms with Crippen LogP contribution in [0.15, 0.2) is 35.5 Å². The van der Waals surface area contributed by atoms with Crippen LogP contribution in [-0.2, 0) is 9.53 Å². The van der Waals surface area contributed by atoms with Gasteiger partial charge in [-0.05, 0) is 60.5 Å². The minimum absolute atomic E-state index is 0.0489. The highest BCUT2D eigenvalue weighted by Gasteiger charge is 2.48. The number of rotatable bonds is 6. The Morgan fingerprint density at radius 1 is 1.32 bits per heavy atom. The summed E-state index contributed by atoms with van der Waals surface area (Å²) in [6.07, 6.45) is 11.5. The van der Waals surface area contributed by atoms with E-state index in [0.717, 1.165) is 17.9 Å². The Morgan fingerprint density at radius 2 is 2.06 bits per heavy atom. The van der Waals surface area contributed by atoms with Crippen LogP contribution >= 0.6 is 0 Å². The zero-order valence-electron chi connectivity index (χ0n) is 19.8. The van der Waals surface area contributed by atoms with E-state index in [1.54, 1.807) is 14.1 Å². The van der Waals surface area contributed by atoms with Crippen LogP contribution in [0.1, 0.15) is 71.6 Å². The van der Waals surface area contributed by atoms with Crippen molar-refractivity contribution in [3.63, 3.8) is 0 Å². The number of allylic oxidation sites excluding steroid dienone is 3. The van der Waals surface area contributed by atoms with Gasteiger partial charge in [0.2, 0.25) is 5.91 Å². The molecule has 0 aromatic rings. The first kappa shape index (κ1) is 24.2. The molecule has 0 radical (unpaired) electrons. The van der Waals surface area contributed by atoms with Gasteiger partial charge in [0.25, 0.3) is 0 Å². The molecular formula is C26H41NO4. The molecule has 3 aliphatic rings. The zero-order chi connectivity index (χ0) is 22.8. The Hall–Kier alpha value is -1.43. The van der Waals surface area contributed by atoms with Gasteiger partial charge in [0.1, 0.15) is 0 Å². The molecule has 3 rings (SSSR count). The summed E-state index contributed by atoms with van der Waals surface area (Å²) < 4.78 is 5.69. The summed E-state index contributed by atoms with van der Waals surface area (Å²) in [6.45, 7) is 8.99. The fourth-order valence-electron chi connectivity index (χ4n) is 6.17. The summed E-state index contributed by atoms with van der Waals surface area (Å²) in [7, 11) is 3.39. The van der Waals surface area contributed by atoms with Gasteiger partial charge in [-0.1, -0.05) is 44.6 Å². The van der Waals surface area contributed by atoms with Gasteiger partial charge in [0.15, 0.2) is 5.79 Å². The van der Waals surface area contributed by atoms with E-state index in [2.05, 4.69) is 26.5 Å². The maximum absolute atomic E-state index is 11.8. The molecule has 0 aromatic carbocycles. The highest BCUT2D eigenvalue weighted by Crippen LogP contribution is 2.58. The molecule has 0 aromatic heterocycles. The van der Waals surface area contributed by atoms with E-state index in [9.17, 15) is 15.0 Å². The average Bonchev–Trinajstić information content (AvgIpc) is 3.06. The second-order valence-corrected chi connectivity index (χ2v) is 10.3. The maximum Gasteiger partial charge on any atom is 0.224 e. The Balaban J connectivity index is 1.73. The predicted molar refractivity (Wildman–Crippen MR) is 123 cm³/mol. The molecule has 5 nitrogen and oxygen atoms in total. The van der Waals surface area contributed by atoms with Crippen LogP contribution in [0.5, 0.6) is 0 Å². The lowest BCUT2D eigenvalue weighted by atomic mass is 9.63. The van der Waals surface area contributed by atoms with Crippen molar-refractivity contribution in [1.29, 1.82) is 0 Å². The standard InChI is InChI=1S/C26H41NO4/c1-6-21-11-12-22-19(8-7-14-25(21,22)3)9-10-20-16-26(30,17-23(28)18(20)2)31-15-13-24(29)27(4)5/h9-10,21-23,28,30H,2,6-8,11-17H2,1,3-5H3/t21-,22-,23?,25+,26-/m0/s1. The molecule has 5 atom stereocenters. The first-order chi connectivity index (χ1) is 14.6. The van der Waals surface area contributed by atoms with E-state index in [1.165, 1.54) is 42.6 Å². The summed E-state index contributed by atoms with van der Waals surface area (Å²) in [6, 6.07) is 0. The molecule has 1 amide bonds. The lowest BCUT2D eigenvalue weighted by molar-refractivity contribution is -0.220. The van der Waals surface area contributed by atoms with Crippen molar-refractivity contribution in [2.45, 2.75) is 83.5 Å². The van der Waals surface area contributed by atoms with E-state index in [1.807, 2.05) is 6.08 Å². The van der Waals surface area contributed by atoms with Crippen LogP contribution in [0.4, 0.5) is 0 Å². The topological polar surface area (TPSA) is 70.0 Å². The molecule has 5 heteroatoms. The summed E-state index contributed by atoms with van der Waals surface area (Å²) in [4.78, 5) is 13.3. The quantitative estimate of drug-likeness (QED) is 0.613. The number of aliphatic hydroxyl groups excluding tert-OH is 1. The Morgan fingerprint density at radius 3 is 2.74 bits per heavy atom. The molecule has 174 valence electrons. The summed E-state index contributed by atoms with van der Waals surface area (Å²) in [5, 5.41) is 21.5. The molecule has 0 aliphatic heterocycles. The zero-order valence-corrected chi connectivity index (χ0v) is 19.8. The van der Waals surface area contributed by atoms with Gasteiger partial charge in [-0.25, -0.2) is 0 Å². The highest BCUT2D eigenvalue weighted by molar-refractivity contribution is 5.75. The molecule has 3 aliphatic carbocycles. The molecule has 1 unspecified atom stereocenters. The van der Waals surface area contributed by atoms with Gasteiger partial charge < -0.3 is 19.8 Å². The third-order valence-corrected chi connectivity index (χ3v) is 8.13. The molecular weight excluding hydrogens is 390 g/mol. The monoisotopic (exact) mass is 431 g/mol. The number of nitrogens with zero attached hydrogens (tertiary/aromatic N) is 1. The first-order valence-corrected chi connectivity index (χ1v) is 11.9. The lowest BCUT2D eigenvalue weighted by Crippen LogP contribution is -2.42. The second-order valence-electron chi connectivity index (χ2n) is 10.3. The largest absolute Gasteiger partial charge is 0.388 e. The maximum atomic E-state index is 11.8. The normalized spacial score (nSPS) is 38.5. The van der Waals surface area contributed by atoms with Gasteiger partial charge in [-0.3, -0.25) is 4.79 Å². The van der Waals surface area contributed by atoms with Crippen molar-refractivity contribution < 1.29 is 19.7 Å². The number of ether oxygens (including phenoxy) is 1. The van der Waals surface area contributed by atoms with Crippen LogP contribution in [0.25, 0.3) is 0 Å². The highest BCUT2D eigenvalue weighted by atomic mass is 16.6. The number of aliphatic hydroxyl groups is 2. The predicted octanol–water partition coefficient (Wildman–Crippen LogP) is 4.36. The summed E-state index contributed by atoms with van der Waals surface area (Å²) >= 11 is 0. The fraction of sp³-hybridized carbons (Fsp3) is 0.731. The smallest absolute Gasteiger partial charge is 0.224 e. The van der Waals surface area contributed by atoms with Crippen molar-refractivity contribution in [2.24, 2.45) is 17.3 Å². The van der Waals surface area contributed by atoms with E-state index in [-0.39, 0.29) is 31.8 Å². The molecule has 3 saturated carbocycles. The molecule has 3 fully saturated rings. The number of fused-ring (bicyclic) bond motifs is 1. The lowest BCUT2D eigenvalue weighted by Gasteiger charge is -2.42. The van der Waals surface area contributed by atoms with E-state index >= 15 is 0 Å². The van der Waals surface area contributed by atoms with Gasteiger partial charge in [-0.2, -0.15) is 0 Å². The minimum Gasteiger partial charge on any atom is -0.388 e. The van der Waals surface area contributed by atoms with Gasteiger partial charge in [0, 0.05) is 26.9 Å². The van der Waals surface area contributed by atoms with Crippen molar-refractivity contribution >= 4 is 5.91 Å². The second kappa shape index (κ2) is 9.60. The minimum atomic E-state index is -1.47. The van der Waals surface area contributed by atoms with E-state index in [0.29, 0.717) is 16.9 Å². The molecule has 0 bridgehead atoms. The molecule has 0 spiro atoms. The Kier molecular flexibility index (Phi) is 7.50. The van der Waals surface area contributed by atoms with Crippen molar-refractivity contribution in [3.8, 4) is 0 Å². The van der Waals surface area contributed by atoms with Crippen molar-refractivity contribution in [2.75, 3.05) is 20.7 Å². The van der Waals surface area contributed by atoms with Crippen molar-refractivity contribution in [1.82, 2.24) is 4.90 Å². The molecule has 31 heavy (non-hydrogen) atoms. The van der Waals surface area contributed by atoms with Crippen LogP contribution in [0.3, 0.4) is 0 Å². The Labute approximate surface area is 187 Å². The number of hydrogen-bond donors (Lipinski definition) is 2. The number of carbonyl (C=O) groups is 1. The van der Waals surface area contributed by atoms with E-state index in [4.69, 9.17) is 4.74 Å². The summed E-state index contributed by atoms with van der Waals surface area (Å²) in [5.41, 5.74) is 3.41. The van der Waals surface area contributed by atoms with Gasteiger partial charge >= 0.3 is 0 Å². The van der Waals surface area contributed by atoms with Gasteiger partial charge in [-0.15, -0.1) is 0 Å². The van der Waals surface area contributed by atoms with E-state index < -0.39 is 11.9 Å². The van der Waals surface area contributed by atoms with Crippen LogP contribution in [0.2, 0.25) is 0 Å². The number of hydrogen-bond acceptors (Lipinski definition) is 4. The molecule has 0 heterocycles. The van der Waals surface area contributed by atoms with Crippen LogP contribution in [0, 0.1) is 17.3 Å². The fourth-order valence-corrected chi connectivity index (χ4v) is 6.17. The van der Waals surface area contributed by atoms with Crippen LogP contribution < -0.4 is 0 Å². The average molecular weight is 432 g/mol. The summed E-state index contributed by atoms with van der Waals surface area (Å²) in [5.74, 6) is -0.0768. The molecule has 0 saturated heterocycles. The Bertz CT molecular complexity index is 755. The SMILES string of the molecule is C=C1C(=CC=C2CCC[C@]3(C)[C@@H](CC)CC[C@@H]23)C[C@](O)(OCCC(=O)N(C)C)CC1O. The van der Waals surface area contributed by atoms with Crippen LogP contribution in [-0.4, -0.2) is 53.6 Å². The van der Waals surface area contributed by atoms with Gasteiger partial charge in [0.05, 0.1) is 19.1 Å². The third kappa shape index (κ3) is 5.15. The molecule has 2 N–H and O–H groups in total. The third-order valence-electron chi connectivity index (χ3n) is 8.13. The number of carbonyl (C=O) groups excluding carboxylic acids is 1.